The molecule has 0 spiro atoms. The summed E-state index contributed by atoms with van der Waals surface area (Å²) in [5.41, 5.74) is 0.963. The molecule has 3 heteroatoms. The van der Waals surface area contributed by atoms with Gasteiger partial charge in [-0.1, -0.05) is 6.42 Å². The molecule has 0 radical (unpaired) electrons. The van der Waals surface area contributed by atoms with E-state index in [0.29, 0.717) is 5.78 Å². The van der Waals surface area contributed by atoms with E-state index in [2.05, 4.69) is 0 Å². The number of halogens is 1. The molecule has 0 heterocycles. The lowest BCUT2D eigenvalue weighted by atomic mass is 9.87. The molecular weight excluding hydrogens is 217 g/mol. The topological polar surface area (TPSA) is 20.3 Å². The second kappa shape index (κ2) is 5.30. The van der Waals surface area contributed by atoms with Crippen molar-refractivity contribution in [3.05, 3.63) is 30.1 Å². The van der Waals surface area contributed by atoms with E-state index in [1.807, 2.05) is 11.9 Å². The molecule has 2 rings (SSSR count). The van der Waals surface area contributed by atoms with Gasteiger partial charge in [0.1, 0.15) is 11.6 Å². The van der Waals surface area contributed by atoms with Crippen LogP contribution in [-0.2, 0) is 4.79 Å². The first kappa shape index (κ1) is 12.1. The summed E-state index contributed by atoms with van der Waals surface area (Å²) in [5, 5.41) is 0. The Hall–Kier alpha value is -1.38. The van der Waals surface area contributed by atoms with E-state index in [1.165, 1.54) is 12.1 Å². The molecule has 1 atom stereocenters. The van der Waals surface area contributed by atoms with Gasteiger partial charge in [0.2, 0.25) is 0 Å². The fraction of sp³-hybridized carbons (Fsp3) is 0.500. The first-order valence-electron chi connectivity index (χ1n) is 6.16. The molecule has 17 heavy (non-hydrogen) atoms. The van der Waals surface area contributed by atoms with Crippen molar-refractivity contribution in [1.82, 2.24) is 0 Å². The number of carbonyl (C=O) groups excluding carboxylic acids is 1. The van der Waals surface area contributed by atoms with Crippen LogP contribution in [0.3, 0.4) is 0 Å². The van der Waals surface area contributed by atoms with Gasteiger partial charge in [-0.2, -0.15) is 0 Å². The minimum Gasteiger partial charge on any atom is -0.374 e. The Balaban J connectivity index is 1.98. The molecule has 0 bridgehead atoms. The van der Waals surface area contributed by atoms with Crippen molar-refractivity contribution in [3.8, 4) is 0 Å². The van der Waals surface area contributed by atoms with Crippen molar-refractivity contribution in [2.45, 2.75) is 25.7 Å². The predicted octanol–water partition coefficient (Wildman–Crippen LogP) is 3.02. The van der Waals surface area contributed by atoms with Crippen LogP contribution in [0.1, 0.15) is 25.7 Å². The Morgan fingerprint density at radius 2 is 2.00 bits per heavy atom. The van der Waals surface area contributed by atoms with Crippen molar-refractivity contribution in [1.29, 1.82) is 0 Å². The molecule has 1 aromatic carbocycles. The van der Waals surface area contributed by atoms with Crippen LogP contribution in [0.4, 0.5) is 10.1 Å². The van der Waals surface area contributed by atoms with Crippen LogP contribution in [0.5, 0.6) is 0 Å². The minimum absolute atomic E-state index is 0.152. The van der Waals surface area contributed by atoms with E-state index in [9.17, 15) is 9.18 Å². The highest BCUT2D eigenvalue weighted by molar-refractivity contribution is 5.82. The van der Waals surface area contributed by atoms with Gasteiger partial charge in [-0.05, 0) is 37.1 Å². The van der Waals surface area contributed by atoms with Gasteiger partial charge in [-0.3, -0.25) is 4.79 Å². The molecule has 2 nitrogen and oxygen atoms in total. The maximum Gasteiger partial charge on any atom is 0.137 e. The highest BCUT2D eigenvalue weighted by atomic mass is 19.1. The normalized spacial score (nSPS) is 20.4. The summed E-state index contributed by atoms with van der Waals surface area (Å²) in [7, 11) is 1.95. The van der Waals surface area contributed by atoms with E-state index < -0.39 is 0 Å². The summed E-state index contributed by atoms with van der Waals surface area (Å²) in [5.74, 6) is 0.305. The summed E-state index contributed by atoms with van der Waals surface area (Å²) in [6.45, 7) is 0.741. The van der Waals surface area contributed by atoms with E-state index in [-0.39, 0.29) is 11.7 Å². The molecule has 92 valence electrons. The number of carbonyl (C=O) groups is 1. The molecule has 0 aromatic heterocycles. The lowest BCUT2D eigenvalue weighted by Crippen LogP contribution is -2.32. The maximum absolute atomic E-state index is 12.8. The maximum atomic E-state index is 12.8. The van der Waals surface area contributed by atoms with Crippen LogP contribution >= 0.6 is 0 Å². The van der Waals surface area contributed by atoms with E-state index in [4.69, 9.17) is 0 Å². The number of hydrogen-bond donors (Lipinski definition) is 0. The number of Topliss-reactive ketones (excluding diaryl/α,β-unsaturated/α-hetero) is 1. The Morgan fingerprint density at radius 1 is 1.29 bits per heavy atom. The van der Waals surface area contributed by atoms with E-state index in [1.54, 1.807) is 12.1 Å². The van der Waals surface area contributed by atoms with Crippen LogP contribution in [0.25, 0.3) is 0 Å². The van der Waals surface area contributed by atoms with Gasteiger partial charge in [-0.25, -0.2) is 4.39 Å². The molecule has 0 N–H and O–H groups in total. The van der Waals surface area contributed by atoms with Crippen LogP contribution in [-0.4, -0.2) is 19.4 Å². The zero-order valence-corrected chi connectivity index (χ0v) is 10.2. The molecule has 0 amide bonds. The second-order valence-electron chi connectivity index (χ2n) is 4.77. The first-order valence-corrected chi connectivity index (χ1v) is 6.16. The van der Waals surface area contributed by atoms with Gasteiger partial charge in [0.15, 0.2) is 0 Å². The van der Waals surface area contributed by atoms with E-state index in [0.717, 1.165) is 37.9 Å². The molecule has 1 aromatic rings. The fourth-order valence-corrected chi connectivity index (χ4v) is 2.38. The summed E-state index contributed by atoms with van der Waals surface area (Å²) < 4.78 is 12.8. The third-order valence-corrected chi connectivity index (χ3v) is 3.44. The number of nitrogens with zero attached hydrogens (tertiary/aromatic N) is 1. The Morgan fingerprint density at radius 3 is 2.65 bits per heavy atom. The molecule has 0 aliphatic heterocycles. The van der Waals surface area contributed by atoms with Crippen molar-refractivity contribution in [3.63, 3.8) is 0 Å². The molecule has 0 saturated heterocycles. The Kier molecular flexibility index (Phi) is 3.77. The number of rotatable bonds is 3. The Bertz CT molecular complexity index is 388. The average molecular weight is 235 g/mol. The smallest absolute Gasteiger partial charge is 0.137 e. The van der Waals surface area contributed by atoms with Crippen LogP contribution in [0.15, 0.2) is 24.3 Å². The fourth-order valence-electron chi connectivity index (χ4n) is 2.38. The van der Waals surface area contributed by atoms with Gasteiger partial charge in [0.05, 0.1) is 0 Å². The second-order valence-corrected chi connectivity index (χ2v) is 4.77. The molecule has 1 saturated carbocycles. The third-order valence-electron chi connectivity index (χ3n) is 3.44. The molecular formula is C14H18FNO. The summed E-state index contributed by atoms with van der Waals surface area (Å²) in [4.78, 5) is 13.8. The zero-order chi connectivity index (χ0) is 12.3. The molecule has 1 aliphatic rings. The highest BCUT2D eigenvalue weighted by Gasteiger charge is 2.23. The van der Waals surface area contributed by atoms with Gasteiger partial charge in [0, 0.05) is 31.6 Å². The summed E-state index contributed by atoms with van der Waals surface area (Å²) in [6, 6.07) is 6.41. The average Bonchev–Trinajstić information content (AvgIpc) is 2.33. The van der Waals surface area contributed by atoms with Gasteiger partial charge in [-0.15, -0.1) is 0 Å². The first-order chi connectivity index (χ1) is 8.16. The van der Waals surface area contributed by atoms with Crippen molar-refractivity contribution >= 4 is 11.5 Å². The number of ketones is 1. The van der Waals surface area contributed by atoms with Gasteiger partial charge >= 0.3 is 0 Å². The standard InChI is InChI=1S/C14H18FNO/c1-16(13-8-6-12(15)7-9-13)10-11-4-2-3-5-14(11)17/h6-9,11H,2-5,10H2,1H3. The van der Waals surface area contributed by atoms with E-state index >= 15 is 0 Å². The molecule has 1 unspecified atom stereocenters. The number of hydrogen-bond acceptors (Lipinski definition) is 2. The predicted molar refractivity (Wildman–Crippen MR) is 66.6 cm³/mol. The third kappa shape index (κ3) is 3.05. The van der Waals surface area contributed by atoms with Crippen LogP contribution in [0.2, 0.25) is 0 Å². The van der Waals surface area contributed by atoms with Crippen molar-refractivity contribution < 1.29 is 9.18 Å². The SMILES string of the molecule is CN(CC1CCCCC1=O)c1ccc(F)cc1. The van der Waals surface area contributed by atoms with Gasteiger partial charge in [0.25, 0.3) is 0 Å². The highest BCUT2D eigenvalue weighted by Crippen LogP contribution is 2.23. The molecule has 1 aliphatic carbocycles. The largest absolute Gasteiger partial charge is 0.374 e. The van der Waals surface area contributed by atoms with Gasteiger partial charge < -0.3 is 4.90 Å². The van der Waals surface area contributed by atoms with Crippen molar-refractivity contribution in [2.75, 3.05) is 18.5 Å². The molecule has 1 fully saturated rings. The van der Waals surface area contributed by atoms with Crippen molar-refractivity contribution in [2.24, 2.45) is 5.92 Å². The zero-order valence-electron chi connectivity index (χ0n) is 10.2. The summed E-state index contributed by atoms with van der Waals surface area (Å²) in [6.07, 6.45) is 3.90. The minimum atomic E-state index is -0.226. The quantitative estimate of drug-likeness (QED) is 0.802. The van der Waals surface area contributed by atoms with Crippen LogP contribution in [0, 0.1) is 11.7 Å². The monoisotopic (exact) mass is 235 g/mol. The summed E-state index contributed by atoms with van der Waals surface area (Å²) >= 11 is 0. The number of benzene rings is 1. The number of anilines is 1. The lowest BCUT2D eigenvalue weighted by molar-refractivity contribution is -0.124. The Labute approximate surface area is 101 Å². The van der Waals surface area contributed by atoms with Crippen LogP contribution < -0.4 is 4.90 Å². The lowest BCUT2D eigenvalue weighted by Gasteiger charge is -2.27.